The van der Waals surface area contributed by atoms with Gasteiger partial charge in [0, 0.05) is 6.20 Å². The van der Waals surface area contributed by atoms with Gasteiger partial charge in [-0.1, -0.05) is 0 Å². The minimum atomic E-state index is -3.68. The number of aromatic carboxylic acids is 1. The average Bonchev–Trinajstić information content (AvgIpc) is 2.20. The third-order valence-electron chi connectivity index (χ3n) is 2.66. The van der Waals surface area contributed by atoms with Gasteiger partial charge in [-0.15, -0.1) is 0 Å². The summed E-state index contributed by atoms with van der Waals surface area (Å²) in [6.07, 6.45) is 1.39. The van der Waals surface area contributed by atoms with E-state index in [0.29, 0.717) is 11.1 Å². The van der Waals surface area contributed by atoms with Crippen LogP contribution in [0.15, 0.2) is 11.2 Å². The van der Waals surface area contributed by atoms with Crippen LogP contribution in [-0.4, -0.2) is 29.7 Å². The van der Waals surface area contributed by atoms with Crippen molar-refractivity contribution in [2.75, 3.05) is 0 Å². The van der Waals surface area contributed by atoms with Crippen LogP contribution in [0.3, 0.4) is 0 Å². The molecule has 0 fully saturated rings. The zero-order chi connectivity index (χ0) is 13.4. The van der Waals surface area contributed by atoms with Gasteiger partial charge < -0.3 is 5.11 Å². The van der Waals surface area contributed by atoms with Crippen LogP contribution in [0, 0.1) is 13.8 Å². The standard InChI is InChI=1S/C11H15NO4S/c1-6(2)17(15,16)10-9(11(13)14)8(4)7(3)5-12-10/h5-6H,1-4H3,(H,13,14). The summed E-state index contributed by atoms with van der Waals surface area (Å²) in [4.78, 5) is 14.9. The highest BCUT2D eigenvalue weighted by atomic mass is 32.2. The normalized spacial score (nSPS) is 11.8. The maximum Gasteiger partial charge on any atom is 0.338 e. The molecule has 0 atom stereocenters. The molecule has 0 bridgehead atoms. The van der Waals surface area contributed by atoms with Crippen molar-refractivity contribution in [3.63, 3.8) is 0 Å². The summed E-state index contributed by atoms with van der Waals surface area (Å²) in [6, 6.07) is 0. The Morgan fingerprint density at radius 3 is 2.29 bits per heavy atom. The minimum absolute atomic E-state index is 0.223. The van der Waals surface area contributed by atoms with Gasteiger partial charge in [0.15, 0.2) is 14.9 Å². The van der Waals surface area contributed by atoms with Gasteiger partial charge in [0.1, 0.15) is 0 Å². The van der Waals surface area contributed by atoms with Crippen molar-refractivity contribution in [1.29, 1.82) is 0 Å². The SMILES string of the molecule is Cc1cnc(S(=O)(=O)C(C)C)c(C(=O)O)c1C. The smallest absolute Gasteiger partial charge is 0.338 e. The molecule has 0 spiro atoms. The number of pyridine rings is 1. The molecule has 6 heteroatoms. The second-order valence-corrected chi connectivity index (χ2v) is 6.56. The lowest BCUT2D eigenvalue weighted by atomic mass is 10.1. The molecule has 1 aromatic heterocycles. The zero-order valence-electron chi connectivity index (χ0n) is 10.2. The van der Waals surface area contributed by atoms with Crippen molar-refractivity contribution < 1.29 is 18.3 Å². The summed E-state index contributed by atoms with van der Waals surface area (Å²) < 4.78 is 24.0. The van der Waals surface area contributed by atoms with Crippen molar-refractivity contribution in [3.05, 3.63) is 22.9 Å². The Labute approximate surface area is 100 Å². The van der Waals surface area contributed by atoms with Gasteiger partial charge in [0.25, 0.3) is 0 Å². The number of rotatable bonds is 3. The summed E-state index contributed by atoms with van der Waals surface area (Å²) in [5.41, 5.74) is 0.871. The summed E-state index contributed by atoms with van der Waals surface area (Å²) >= 11 is 0. The summed E-state index contributed by atoms with van der Waals surface area (Å²) in [7, 11) is -3.68. The number of hydrogen-bond acceptors (Lipinski definition) is 4. The summed E-state index contributed by atoms with van der Waals surface area (Å²) in [5.74, 6) is -1.27. The fourth-order valence-corrected chi connectivity index (χ4v) is 2.54. The molecule has 0 saturated carbocycles. The van der Waals surface area contributed by atoms with Gasteiger partial charge in [0.05, 0.1) is 10.8 Å². The molecular weight excluding hydrogens is 242 g/mol. The molecule has 94 valence electrons. The third-order valence-corrected chi connectivity index (χ3v) is 4.75. The fourth-order valence-electron chi connectivity index (χ4n) is 1.37. The molecule has 0 aromatic carbocycles. The highest BCUT2D eigenvalue weighted by Gasteiger charge is 2.29. The molecule has 0 aliphatic rings. The fraction of sp³-hybridized carbons (Fsp3) is 0.455. The maximum absolute atomic E-state index is 12.0. The highest BCUT2D eigenvalue weighted by Crippen LogP contribution is 2.23. The van der Waals surface area contributed by atoms with Crippen molar-refractivity contribution in [2.24, 2.45) is 0 Å². The molecule has 0 saturated heterocycles. The van der Waals surface area contributed by atoms with Crippen molar-refractivity contribution in [1.82, 2.24) is 4.98 Å². The van der Waals surface area contributed by atoms with E-state index in [0.717, 1.165) is 0 Å². The summed E-state index contributed by atoms with van der Waals surface area (Å²) in [6.45, 7) is 6.27. The average molecular weight is 257 g/mol. The molecule has 0 aliphatic heterocycles. The predicted molar refractivity (Wildman–Crippen MR) is 63.0 cm³/mol. The van der Waals surface area contributed by atoms with Crippen LogP contribution < -0.4 is 0 Å². The molecule has 0 radical (unpaired) electrons. The molecule has 1 rings (SSSR count). The number of carbonyl (C=O) groups is 1. The van der Waals surface area contributed by atoms with Crippen LogP contribution in [0.1, 0.15) is 35.3 Å². The van der Waals surface area contributed by atoms with Crippen LogP contribution in [0.4, 0.5) is 0 Å². The number of aryl methyl sites for hydroxylation is 1. The molecule has 17 heavy (non-hydrogen) atoms. The van der Waals surface area contributed by atoms with Crippen LogP contribution in [0.5, 0.6) is 0 Å². The Kier molecular flexibility index (Phi) is 3.56. The number of sulfone groups is 1. The molecule has 0 aliphatic carbocycles. The van der Waals surface area contributed by atoms with E-state index in [4.69, 9.17) is 5.11 Å². The van der Waals surface area contributed by atoms with Crippen molar-refractivity contribution in [2.45, 2.75) is 38.0 Å². The molecule has 0 unspecified atom stereocenters. The monoisotopic (exact) mass is 257 g/mol. The number of hydrogen-bond donors (Lipinski definition) is 1. The van der Waals surface area contributed by atoms with Gasteiger partial charge in [-0.2, -0.15) is 0 Å². The second-order valence-electron chi connectivity index (χ2n) is 4.15. The van der Waals surface area contributed by atoms with E-state index in [9.17, 15) is 13.2 Å². The van der Waals surface area contributed by atoms with E-state index in [1.54, 1.807) is 13.8 Å². The second kappa shape index (κ2) is 4.44. The highest BCUT2D eigenvalue weighted by molar-refractivity contribution is 7.92. The summed E-state index contributed by atoms with van der Waals surface area (Å²) in [5, 5.41) is 8.07. The molecule has 5 nitrogen and oxygen atoms in total. The van der Waals surface area contributed by atoms with Crippen LogP contribution in [0.25, 0.3) is 0 Å². The van der Waals surface area contributed by atoms with E-state index >= 15 is 0 Å². The molecular formula is C11H15NO4S. The molecule has 1 heterocycles. The first-order valence-corrected chi connectivity index (χ1v) is 6.67. The number of aromatic nitrogens is 1. The number of carboxylic acid groups (broad SMARTS) is 1. The maximum atomic E-state index is 12.0. The third kappa shape index (κ3) is 2.31. The Hall–Kier alpha value is -1.43. The van der Waals surface area contributed by atoms with Crippen LogP contribution in [0.2, 0.25) is 0 Å². The van der Waals surface area contributed by atoms with Crippen LogP contribution >= 0.6 is 0 Å². The van der Waals surface area contributed by atoms with Gasteiger partial charge >= 0.3 is 5.97 Å². The predicted octanol–water partition coefficient (Wildman–Crippen LogP) is 1.58. The van der Waals surface area contributed by atoms with E-state index < -0.39 is 21.1 Å². The van der Waals surface area contributed by atoms with Gasteiger partial charge in [-0.25, -0.2) is 18.2 Å². The van der Waals surface area contributed by atoms with Gasteiger partial charge in [0.2, 0.25) is 0 Å². The molecule has 0 amide bonds. The largest absolute Gasteiger partial charge is 0.478 e. The van der Waals surface area contributed by atoms with E-state index in [1.165, 1.54) is 20.0 Å². The number of carboxylic acids is 1. The number of nitrogens with zero attached hydrogens (tertiary/aromatic N) is 1. The van der Waals surface area contributed by atoms with Gasteiger partial charge in [-0.3, -0.25) is 0 Å². The van der Waals surface area contributed by atoms with E-state index in [-0.39, 0.29) is 10.6 Å². The van der Waals surface area contributed by atoms with Gasteiger partial charge in [-0.05, 0) is 38.8 Å². The Morgan fingerprint density at radius 2 is 1.88 bits per heavy atom. The van der Waals surface area contributed by atoms with Crippen LogP contribution in [-0.2, 0) is 9.84 Å². The first-order valence-electron chi connectivity index (χ1n) is 5.13. The lowest BCUT2D eigenvalue weighted by Gasteiger charge is -2.12. The molecule has 1 N–H and O–H groups in total. The Balaban J connectivity index is 3.68. The van der Waals surface area contributed by atoms with Crippen molar-refractivity contribution >= 4 is 15.8 Å². The first-order chi connectivity index (χ1) is 7.69. The topological polar surface area (TPSA) is 84.3 Å². The zero-order valence-corrected chi connectivity index (χ0v) is 11.0. The first kappa shape index (κ1) is 13.6. The Morgan fingerprint density at radius 1 is 1.35 bits per heavy atom. The Bertz CT molecular complexity index is 561. The van der Waals surface area contributed by atoms with E-state index in [1.807, 2.05) is 0 Å². The minimum Gasteiger partial charge on any atom is -0.478 e. The quantitative estimate of drug-likeness (QED) is 0.888. The van der Waals surface area contributed by atoms with Crippen molar-refractivity contribution in [3.8, 4) is 0 Å². The molecule has 1 aromatic rings. The lowest BCUT2D eigenvalue weighted by molar-refractivity contribution is 0.0690. The van der Waals surface area contributed by atoms with E-state index in [2.05, 4.69) is 4.98 Å². The lowest BCUT2D eigenvalue weighted by Crippen LogP contribution is -2.20.